The Kier molecular flexibility index (Phi) is 6.69. The van der Waals surface area contributed by atoms with Gasteiger partial charge in [-0.05, 0) is 73.2 Å². The summed E-state index contributed by atoms with van der Waals surface area (Å²) in [5.41, 5.74) is 8.33. The number of allylic oxidation sites excluding steroid dienone is 5. The van der Waals surface area contributed by atoms with E-state index in [-0.39, 0.29) is 0 Å². The van der Waals surface area contributed by atoms with E-state index in [0.717, 1.165) is 79.3 Å². The summed E-state index contributed by atoms with van der Waals surface area (Å²) < 4.78 is 12.4. The van der Waals surface area contributed by atoms with Gasteiger partial charge in [0.1, 0.15) is 16.9 Å². The number of furan rings is 2. The molecule has 0 fully saturated rings. The van der Waals surface area contributed by atoms with E-state index in [1.807, 2.05) is 67.6 Å². The Morgan fingerprint density at radius 1 is 0.756 bits per heavy atom. The molecule has 0 atom stereocenters. The minimum Gasteiger partial charge on any atom is -0.456 e. The summed E-state index contributed by atoms with van der Waals surface area (Å²) in [7, 11) is 0. The summed E-state index contributed by atoms with van der Waals surface area (Å²) in [6.07, 6.45) is 10.2. The molecule has 0 aliphatic heterocycles. The zero-order valence-electron chi connectivity index (χ0n) is 24.8. The van der Waals surface area contributed by atoms with Crippen LogP contribution in [0.4, 0.5) is 0 Å². The Bertz CT molecular complexity index is 2370. The number of halogens is 1. The van der Waals surface area contributed by atoms with Crippen molar-refractivity contribution in [1.29, 1.82) is 0 Å². The lowest BCUT2D eigenvalue weighted by atomic mass is 9.95. The Hall–Kier alpha value is -5.26. The topological polar surface area (TPSA) is 65.0 Å². The number of fused-ring (bicyclic) bond motifs is 4. The van der Waals surface area contributed by atoms with Gasteiger partial charge < -0.3 is 8.83 Å². The van der Waals surface area contributed by atoms with E-state index in [2.05, 4.69) is 55.5 Å². The zero-order valence-corrected chi connectivity index (χ0v) is 25.6. The fourth-order valence-corrected chi connectivity index (χ4v) is 6.36. The molecule has 1 aliphatic rings. The van der Waals surface area contributed by atoms with E-state index in [0.29, 0.717) is 28.1 Å². The normalized spacial score (nSPS) is 13.7. The molecule has 5 nitrogen and oxygen atoms in total. The van der Waals surface area contributed by atoms with E-state index >= 15 is 0 Å². The first kappa shape index (κ1) is 27.3. The lowest BCUT2D eigenvalue weighted by Gasteiger charge is -2.14. The van der Waals surface area contributed by atoms with Crippen LogP contribution in [0, 0.1) is 6.92 Å². The Balaban J connectivity index is 1.33. The minimum absolute atomic E-state index is 0.589. The fraction of sp³-hybridized carbons (Fsp3) is 0.103. The molecule has 3 aromatic heterocycles. The highest BCUT2D eigenvalue weighted by Gasteiger charge is 2.20. The molecule has 3 heterocycles. The highest BCUT2D eigenvalue weighted by molar-refractivity contribution is 6.36. The Morgan fingerprint density at radius 3 is 2.33 bits per heavy atom. The summed E-state index contributed by atoms with van der Waals surface area (Å²) in [6.45, 7) is 4.11. The van der Waals surface area contributed by atoms with Crippen molar-refractivity contribution < 1.29 is 8.83 Å². The molecule has 8 rings (SSSR count). The van der Waals surface area contributed by atoms with Crippen molar-refractivity contribution in [1.82, 2.24) is 15.0 Å². The molecule has 4 aromatic carbocycles. The van der Waals surface area contributed by atoms with Gasteiger partial charge in [0.2, 0.25) is 0 Å². The molecule has 0 saturated heterocycles. The van der Waals surface area contributed by atoms with Crippen molar-refractivity contribution in [2.75, 3.05) is 0 Å². The van der Waals surface area contributed by atoms with Crippen LogP contribution in [0.5, 0.6) is 0 Å². The Labute approximate surface area is 265 Å². The molecule has 45 heavy (non-hydrogen) atoms. The smallest absolute Gasteiger partial charge is 0.164 e. The summed E-state index contributed by atoms with van der Waals surface area (Å²) >= 11 is 6.54. The molecule has 0 saturated carbocycles. The second-order valence-electron chi connectivity index (χ2n) is 11.3. The average molecular weight is 606 g/mol. The third-order valence-corrected chi connectivity index (χ3v) is 8.75. The van der Waals surface area contributed by atoms with Gasteiger partial charge in [0.15, 0.2) is 23.1 Å². The maximum atomic E-state index is 6.54. The predicted octanol–water partition coefficient (Wildman–Crippen LogP) is 11.1. The van der Waals surface area contributed by atoms with Crippen LogP contribution in [-0.2, 0) is 0 Å². The Morgan fingerprint density at radius 2 is 1.49 bits per heavy atom. The van der Waals surface area contributed by atoms with E-state index in [4.69, 9.17) is 35.4 Å². The maximum absolute atomic E-state index is 6.54. The van der Waals surface area contributed by atoms with Crippen LogP contribution in [0.3, 0.4) is 0 Å². The van der Waals surface area contributed by atoms with Gasteiger partial charge in [0, 0.05) is 27.3 Å². The second-order valence-corrected chi connectivity index (χ2v) is 11.7. The third-order valence-electron chi connectivity index (χ3n) is 8.45. The van der Waals surface area contributed by atoms with E-state index < -0.39 is 0 Å². The van der Waals surface area contributed by atoms with Gasteiger partial charge in [-0.2, -0.15) is 0 Å². The van der Waals surface area contributed by atoms with Gasteiger partial charge in [0.05, 0.1) is 5.02 Å². The number of rotatable bonds is 5. The van der Waals surface area contributed by atoms with Crippen LogP contribution in [0.25, 0.3) is 72.6 Å². The predicted molar refractivity (Wildman–Crippen MR) is 184 cm³/mol. The number of hydrogen-bond acceptors (Lipinski definition) is 5. The van der Waals surface area contributed by atoms with Gasteiger partial charge in [-0.25, -0.2) is 15.0 Å². The highest BCUT2D eigenvalue weighted by atomic mass is 35.5. The first-order valence-electron chi connectivity index (χ1n) is 15.0. The van der Waals surface area contributed by atoms with Crippen molar-refractivity contribution >= 4 is 61.7 Å². The average Bonchev–Trinajstić information content (AvgIpc) is 3.63. The summed E-state index contributed by atoms with van der Waals surface area (Å²) in [4.78, 5) is 15.2. The van der Waals surface area contributed by atoms with Gasteiger partial charge in [0.25, 0.3) is 0 Å². The van der Waals surface area contributed by atoms with Crippen molar-refractivity contribution in [3.05, 3.63) is 131 Å². The standard InChI is InChI=1S/C39H28ClN3O2/c1-23(22-34-24(2)26-14-8-9-20-32(26)44-34)37-41-38(25-12-4-3-5-13-25)43-39(42-37)29-16-7-6-15-27(29)28-17-11-21-33-35(28)30-18-10-19-31(40)36(30)45-33/h3-4,6-12,14-22H,5,13H2,1-2H3/b23-22+. The quantitative estimate of drug-likeness (QED) is 0.195. The molecule has 7 aromatic rings. The minimum atomic E-state index is 0.589. The lowest BCUT2D eigenvalue weighted by molar-refractivity contribution is 0.601. The lowest BCUT2D eigenvalue weighted by Crippen LogP contribution is -2.06. The summed E-state index contributed by atoms with van der Waals surface area (Å²) in [5, 5.41) is 3.67. The largest absolute Gasteiger partial charge is 0.456 e. The number of para-hydroxylation sites is 2. The third kappa shape index (κ3) is 4.77. The molecule has 0 bridgehead atoms. The van der Waals surface area contributed by atoms with Crippen LogP contribution in [0.2, 0.25) is 5.02 Å². The van der Waals surface area contributed by atoms with Crippen LogP contribution < -0.4 is 0 Å². The van der Waals surface area contributed by atoms with Crippen LogP contribution >= 0.6 is 11.6 Å². The van der Waals surface area contributed by atoms with Gasteiger partial charge in [-0.1, -0.05) is 96.6 Å². The first-order valence-corrected chi connectivity index (χ1v) is 15.4. The van der Waals surface area contributed by atoms with Gasteiger partial charge in [-0.3, -0.25) is 0 Å². The van der Waals surface area contributed by atoms with Crippen molar-refractivity contribution in [3.8, 4) is 22.5 Å². The molecule has 0 radical (unpaired) electrons. The SMILES string of the molecule is C/C(=C\c1oc2ccccc2c1C)c1nc(C2=CC=CCC2)nc(-c2ccccc2-c2cccc3oc4c(Cl)cccc4c23)n1. The number of hydrogen-bond donors (Lipinski definition) is 0. The van der Waals surface area contributed by atoms with E-state index in [1.165, 1.54) is 0 Å². The summed E-state index contributed by atoms with van der Waals surface area (Å²) in [6, 6.07) is 28.3. The zero-order chi connectivity index (χ0) is 30.5. The monoisotopic (exact) mass is 605 g/mol. The number of nitrogens with zero attached hydrogens (tertiary/aromatic N) is 3. The maximum Gasteiger partial charge on any atom is 0.164 e. The van der Waals surface area contributed by atoms with Crippen molar-refractivity contribution in [2.45, 2.75) is 26.7 Å². The highest BCUT2D eigenvalue weighted by Crippen LogP contribution is 2.42. The molecule has 6 heteroatoms. The molecule has 0 amide bonds. The van der Waals surface area contributed by atoms with E-state index in [9.17, 15) is 0 Å². The van der Waals surface area contributed by atoms with Gasteiger partial charge in [-0.15, -0.1) is 0 Å². The van der Waals surface area contributed by atoms with E-state index in [1.54, 1.807) is 0 Å². The molecular formula is C39H28ClN3O2. The van der Waals surface area contributed by atoms with Crippen molar-refractivity contribution in [3.63, 3.8) is 0 Å². The molecule has 0 unspecified atom stereocenters. The molecular weight excluding hydrogens is 578 g/mol. The van der Waals surface area contributed by atoms with Crippen molar-refractivity contribution in [2.24, 2.45) is 0 Å². The molecule has 218 valence electrons. The second kappa shape index (κ2) is 11.0. The number of aryl methyl sites for hydroxylation is 1. The van der Waals surface area contributed by atoms with Crippen LogP contribution in [-0.4, -0.2) is 15.0 Å². The van der Waals surface area contributed by atoms with Gasteiger partial charge >= 0.3 is 0 Å². The number of benzene rings is 4. The van der Waals surface area contributed by atoms with Crippen LogP contribution in [0.1, 0.15) is 42.7 Å². The first-order chi connectivity index (χ1) is 22.0. The molecule has 1 aliphatic carbocycles. The molecule has 0 spiro atoms. The number of aromatic nitrogens is 3. The van der Waals surface area contributed by atoms with Crippen LogP contribution in [0.15, 0.2) is 112 Å². The fourth-order valence-electron chi connectivity index (χ4n) is 6.15. The summed E-state index contributed by atoms with van der Waals surface area (Å²) in [5.74, 6) is 2.70. The molecule has 0 N–H and O–H groups in total.